The van der Waals surface area contributed by atoms with Crippen LogP contribution in [0.2, 0.25) is 0 Å². The van der Waals surface area contributed by atoms with E-state index in [9.17, 15) is 4.39 Å². The quantitative estimate of drug-likeness (QED) is 0.867. The number of hydrogen-bond acceptors (Lipinski definition) is 1. The van der Waals surface area contributed by atoms with Crippen LogP contribution < -0.4 is 5.73 Å². The molecule has 0 atom stereocenters. The van der Waals surface area contributed by atoms with Crippen LogP contribution >= 0.6 is 0 Å². The molecule has 92 valence electrons. The molecular formula is C16H16FN. The van der Waals surface area contributed by atoms with Crippen molar-refractivity contribution in [3.8, 4) is 11.1 Å². The van der Waals surface area contributed by atoms with Gasteiger partial charge >= 0.3 is 0 Å². The molecule has 18 heavy (non-hydrogen) atoms. The number of halogens is 1. The Hall–Kier alpha value is -1.93. The predicted molar refractivity (Wildman–Crippen MR) is 74.5 cm³/mol. The van der Waals surface area contributed by atoms with Gasteiger partial charge in [-0.15, -0.1) is 0 Å². The second kappa shape index (κ2) is 5.61. The molecule has 2 aromatic carbocycles. The second-order valence-electron chi connectivity index (χ2n) is 4.21. The smallest absolute Gasteiger partial charge is 0.123 e. The highest BCUT2D eigenvalue weighted by atomic mass is 19.1. The van der Waals surface area contributed by atoms with Gasteiger partial charge in [-0.1, -0.05) is 42.5 Å². The van der Waals surface area contributed by atoms with E-state index in [0.29, 0.717) is 6.54 Å². The Morgan fingerprint density at radius 1 is 1.00 bits per heavy atom. The number of nitrogens with two attached hydrogens (primary N) is 1. The molecule has 0 aliphatic rings. The zero-order valence-corrected chi connectivity index (χ0v) is 10.4. The standard InChI is InChI=1S/C16H16FN/c1-12(10-11-18)13-2-4-14(5-3-13)15-6-8-16(17)9-7-15/h2-10H,11,18H2,1H3/b12-10-. The summed E-state index contributed by atoms with van der Waals surface area (Å²) in [7, 11) is 0. The van der Waals surface area contributed by atoms with Gasteiger partial charge in [-0.2, -0.15) is 0 Å². The number of benzene rings is 2. The number of hydrogen-bond donors (Lipinski definition) is 1. The Labute approximate surface area is 107 Å². The molecule has 0 unspecified atom stereocenters. The first-order valence-electron chi connectivity index (χ1n) is 5.94. The summed E-state index contributed by atoms with van der Waals surface area (Å²) in [6.07, 6.45) is 1.99. The lowest BCUT2D eigenvalue weighted by Crippen LogP contribution is -1.94. The second-order valence-corrected chi connectivity index (χ2v) is 4.21. The van der Waals surface area contributed by atoms with E-state index in [1.165, 1.54) is 17.7 Å². The minimum Gasteiger partial charge on any atom is -0.327 e. The van der Waals surface area contributed by atoms with Gasteiger partial charge in [-0.3, -0.25) is 0 Å². The first kappa shape index (κ1) is 12.5. The molecule has 0 radical (unpaired) electrons. The Morgan fingerprint density at radius 3 is 2.00 bits per heavy atom. The summed E-state index contributed by atoms with van der Waals surface area (Å²) in [5.41, 5.74) is 9.92. The summed E-state index contributed by atoms with van der Waals surface area (Å²) < 4.78 is 12.8. The Kier molecular flexibility index (Phi) is 3.90. The monoisotopic (exact) mass is 241 g/mol. The SMILES string of the molecule is C/C(=C/CN)c1ccc(-c2ccc(F)cc2)cc1. The summed E-state index contributed by atoms with van der Waals surface area (Å²) in [4.78, 5) is 0. The molecular weight excluding hydrogens is 225 g/mol. The maximum atomic E-state index is 12.8. The topological polar surface area (TPSA) is 26.0 Å². The molecule has 2 N–H and O–H groups in total. The fourth-order valence-electron chi connectivity index (χ4n) is 1.86. The van der Waals surface area contributed by atoms with Crippen molar-refractivity contribution in [1.82, 2.24) is 0 Å². The van der Waals surface area contributed by atoms with E-state index in [1.807, 2.05) is 25.1 Å². The van der Waals surface area contributed by atoms with Crippen LogP contribution in [0.1, 0.15) is 12.5 Å². The summed E-state index contributed by atoms with van der Waals surface area (Å²) in [6, 6.07) is 14.7. The zero-order chi connectivity index (χ0) is 13.0. The fourth-order valence-corrected chi connectivity index (χ4v) is 1.86. The molecule has 0 heterocycles. The maximum Gasteiger partial charge on any atom is 0.123 e. The highest BCUT2D eigenvalue weighted by Gasteiger charge is 1.99. The molecule has 0 spiro atoms. The van der Waals surface area contributed by atoms with E-state index in [0.717, 1.165) is 16.7 Å². The van der Waals surface area contributed by atoms with Gasteiger partial charge in [0.05, 0.1) is 0 Å². The van der Waals surface area contributed by atoms with E-state index < -0.39 is 0 Å². The normalized spacial score (nSPS) is 11.6. The minimum absolute atomic E-state index is 0.211. The summed E-state index contributed by atoms with van der Waals surface area (Å²) in [5, 5.41) is 0. The lowest BCUT2D eigenvalue weighted by molar-refractivity contribution is 0.628. The molecule has 0 saturated heterocycles. The van der Waals surface area contributed by atoms with Gasteiger partial charge in [-0.25, -0.2) is 4.39 Å². The van der Waals surface area contributed by atoms with Gasteiger partial charge in [0, 0.05) is 6.54 Å². The van der Waals surface area contributed by atoms with Crippen molar-refractivity contribution in [2.24, 2.45) is 5.73 Å². The molecule has 0 aliphatic heterocycles. The molecule has 0 fully saturated rings. The van der Waals surface area contributed by atoms with E-state index in [-0.39, 0.29) is 5.82 Å². The molecule has 0 bridgehead atoms. The molecule has 2 aromatic rings. The Morgan fingerprint density at radius 2 is 1.50 bits per heavy atom. The van der Waals surface area contributed by atoms with Gasteiger partial charge in [-0.05, 0) is 41.3 Å². The number of rotatable bonds is 3. The summed E-state index contributed by atoms with van der Waals surface area (Å²) >= 11 is 0. The third kappa shape index (κ3) is 2.84. The number of allylic oxidation sites excluding steroid dienone is 1. The average molecular weight is 241 g/mol. The largest absolute Gasteiger partial charge is 0.327 e. The highest BCUT2D eigenvalue weighted by Crippen LogP contribution is 2.22. The maximum absolute atomic E-state index is 12.8. The third-order valence-electron chi connectivity index (χ3n) is 2.94. The van der Waals surface area contributed by atoms with Crippen LogP contribution in [-0.4, -0.2) is 6.54 Å². The van der Waals surface area contributed by atoms with Crippen molar-refractivity contribution in [1.29, 1.82) is 0 Å². The molecule has 2 rings (SSSR count). The Balaban J connectivity index is 2.27. The third-order valence-corrected chi connectivity index (χ3v) is 2.94. The van der Waals surface area contributed by atoms with Crippen molar-refractivity contribution in [2.45, 2.75) is 6.92 Å². The molecule has 0 aliphatic carbocycles. The first-order valence-corrected chi connectivity index (χ1v) is 5.94. The summed E-state index contributed by atoms with van der Waals surface area (Å²) in [5.74, 6) is -0.211. The van der Waals surface area contributed by atoms with Crippen LogP contribution in [0.4, 0.5) is 4.39 Å². The van der Waals surface area contributed by atoms with Crippen molar-refractivity contribution < 1.29 is 4.39 Å². The molecule has 0 amide bonds. The minimum atomic E-state index is -0.211. The van der Waals surface area contributed by atoms with E-state index in [4.69, 9.17) is 5.73 Å². The van der Waals surface area contributed by atoms with E-state index in [2.05, 4.69) is 12.1 Å². The van der Waals surface area contributed by atoms with E-state index >= 15 is 0 Å². The lowest BCUT2D eigenvalue weighted by atomic mass is 10.0. The van der Waals surface area contributed by atoms with Crippen LogP contribution in [0.25, 0.3) is 16.7 Å². The highest BCUT2D eigenvalue weighted by molar-refractivity contribution is 5.69. The van der Waals surface area contributed by atoms with Crippen LogP contribution in [0.15, 0.2) is 54.6 Å². The summed E-state index contributed by atoms with van der Waals surface area (Å²) in [6.45, 7) is 2.59. The van der Waals surface area contributed by atoms with Crippen LogP contribution in [0.3, 0.4) is 0 Å². The molecule has 1 nitrogen and oxygen atoms in total. The fraction of sp³-hybridized carbons (Fsp3) is 0.125. The van der Waals surface area contributed by atoms with Crippen molar-refractivity contribution in [2.75, 3.05) is 6.54 Å². The van der Waals surface area contributed by atoms with Crippen LogP contribution in [0, 0.1) is 5.82 Å². The average Bonchev–Trinajstić information content (AvgIpc) is 2.40. The van der Waals surface area contributed by atoms with Gasteiger partial charge < -0.3 is 5.73 Å². The van der Waals surface area contributed by atoms with Gasteiger partial charge in [0.15, 0.2) is 0 Å². The van der Waals surface area contributed by atoms with Gasteiger partial charge in [0.25, 0.3) is 0 Å². The molecule has 2 heteroatoms. The van der Waals surface area contributed by atoms with Crippen molar-refractivity contribution >= 4 is 5.57 Å². The predicted octanol–water partition coefficient (Wildman–Crippen LogP) is 3.85. The van der Waals surface area contributed by atoms with Crippen LogP contribution in [0.5, 0.6) is 0 Å². The van der Waals surface area contributed by atoms with Gasteiger partial charge in [0.2, 0.25) is 0 Å². The van der Waals surface area contributed by atoms with Crippen molar-refractivity contribution in [3.05, 3.63) is 66.0 Å². The molecule has 0 saturated carbocycles. The lowest BCUT2D eigenvalue weighted by Gasteiger charge is -2.05. The van der Waals surface area contributed by atoms with Crippen LogP contribution in [-0.2, 0) is 0 Å². The van der Waals surface area contributed by atoms with E-state index in [1.54, 1.807) is 12.1 Å². The molecule has 0 aromatic heterocycles. The Bertz CT molecular complexity index is 538. The van der Waals surface area contributed by atoms with Crippen molar-refractivity contribution in [3.63, 3.8) is 0 Å². The zero-order valence-electron chi connectivity index (χ0n) is 10.4. The first-order chi connectivity index (χ1) is 8.70. The van der Waals surface area contributed by atoms with Gasteiger partial charge in [0.1, 0.15) is 5.82 Å².